The fraction of sp³-hybridized carbons (Fsp3) is 0.238. The maximum absolute atomic E-state index is 12.4. The molecule has 0 aliphatic rings. The Bertz CT molecular complexity index is 981. The Kier molecular flexibility index (Phi) is 9.33. The van der Waals surface area contributed by atoms with E-state index in [-0.39, 0.29) is 29.4 Å². The summed E-state index contributed by atoms with van der Waals surface area (Å²) in [6, 6.07) is 13.5. The minimum Gasteiger partial charge on any atom is -1.00 e. The van der Waals surface area contributed by atoms with Crippen molar-refractivity contribution in [2.45, 2.75) is 20.8 Å². The largest absolute Gasteiger partial charge is 1.00 e. The first-order chi connectivity index (χ1) is 13.9. The van der Waals surface area contributed by atoms with Gasteiger partial charge in [0.05, 0.1) is 4.92 Å². The molecule has 1 amide bonds. The molecule has 0 fully saturated rings. The number of benzene rings is 2. The van der Waals surface area contributed by atoms with Crippen LogP contribution in [-0.2, 0) is 4.79 Å². The van der Waals surface area contributed by atoms with Gasteiger partial charge in [-0.2, -0.15) is 5.26 Å². The molecule has 9 heteroatoms. The van der Waals surface area contributed by atoms with Gasteiger partial charge in [-0.1, -0.05) is 12.1 Å². The van der Waals surface area contributed by atoms with E-state index < -0.39 is 10.8 Å². The molecule has 0 aliphatic carbocycles. The summed E-state index contributed by atoms with van der Waals surface area (Å²) in [4.78, 5) is 25.1. The molecule has 30 heavy (non-hydrogen) atoms. The predicted molar refractivity (Wildman–Crippen MR) is 114 cm³/mol. The van der Waals surface area contributed by atoms with Crippen molar-refractivity contribution in [1.29, 1.82) is 5.26 Å². The van der Waals surface area contributed by atoms with Crippen molar-refractivity contribution in [3.8, 4) is 6.07 Å². The van der Waals surface area contributed by atoms with Crippen LogP contribution >= 0.6 is 0 Å². The number of anilines is 3. The molecule has 8 nitrogen and oxygen atoms in total. The number of carbonyl (C=O) groups excluding carboxylic acids is 1. The van der Waals surface area contributed by atoms with Crippen LogP contribution in [0.4, 0.5) is 22.7 Å². The molecule has 0 atom stereocenters. The van der Waals surface area contributed by atoms with Crippen molar-refractivity contribution in [2.24, 2.45) is 0 Å². The molecule has 0 spiro atoms. The van der Waals surface area contributed by atoms with Crippen LogP contribution in [0.1, 0.15) is 19.4 Å². The summed E-state index contributed by atoms with van der Waals surface area (Å²) in [5, 5.41) is 25.8. The lowest BCUT2D eigenvalue weighted by molar-refractivity contribution is -0.383. The van der Waals surface area contributed by atoms with Gasteiger partial charge in [0.15, 0.2) is 0 Å². The van der Waals surface area contributed by atoms with E-state index in [1.807, 2.05) is 31.2 Å². The monoisotopic (exact) mass is 428 g/mol. The average Bonchev–Trinajstić information content (AvgIpc) is 2.71. The van der Waals surface area contributed by atoms with Crippen molar-refractivity contribution < 1.29 is 22.1 Å². The minimum absolute atomic E-state index is 0. The highest BCUT2D eigenvalue weighted by Crippen LogP contribution is 2.25. The molecule has 0 bridgehead atoms. The number of nitro benzene ring substituents is 1. The Hall–Kier alpha value is -3.57. The molecule has 2 aromatic carbocycles. The minimum atomic E-state index is -0.730. The number of hydrogen-bond donors (Lipinski definition) is 2. The molecule has 2 N–H and O–H groups in total. The highest BCUT2D eigenvalue weighted by molar-refractivity contribution is 6.07. The second-order valence-electron chi connectivity index (χ2n) is 6.21. The Labute approximate surface area is 181 Å². The van der Waals surface area contributed by atoms with Crippen LogP contribution in [-0.4, -0.2) is 23.9 Å². The molecule has 158 valence electrons. The van der Waals surface area contributed by atoms with E-state index >= 15 is 0 Å². The van der Waals surface area contributed by atoms with E-state index in [0.29, 0.717) is 0 Å². The van der Waals surface area contributed by atoms with Gasteiger partial charge in [-0.3, -0.25) is 14.9 Å². The highest BCUT2D eigenvalue weighted by atomic mass is 35.5. The molecule has 0 radical (unpaired) electrons. The van der Waals surface area contributed by atoms with E-state index in [9.17, 15) is 20.2 Å². The third-order valence-corrected chi connectivity index (χ3v) is 4.42. The average molecular weight is 429 g/mol. The van der Waals surface area contributed by atoms with Gasteiger partial charge in [-0.15, -0.1) is 0 Å². The van der Waals surface area contributed by atoms with Crippen molar-refractivity contribution in [3.05, 3.63) is 69.9 Å². The zero-order valence-corrected chi connectivity index (χ0v) is 17.7. The van der Waals surface area contributed by atoms with Crippen molar-refractivity contribution in [2.75, 3.05) is 28.6 Å². The summed E-state index contributed by atoms with van der Waals surface area (Å²) in [6.07, 6.45) is 1.30. The predicted octanol–water partition coefficient (Wildman–Crippen LogP) is 1.21. The fourth-order valence-corrected chi connectivity index (χ4v) is 2.82. The van der Waals surface area contributed by atoms with Crippen LogP contribution in [0.2, 0.25) is 0 Å². The summed E-state index contributed by atoms with van der Waals surface area (Å²) in [7, 11) is 0. The van der Waals surface area contributed by atoms with Gasteiger partial charge in [0, 0.05) is 36.7 Å². The third kappa shape index (κ3) is 5.96. The number of nitro groups is 1. The number of amides is 1. The number of hydrogen-bond acceptors (Lipinski definition) is 6. The van der Waals surface area contributed by atoms with E-state index in [4.69, 9.17) is 0 Å². The third-order valence-electron chi connectivity index (χ3n) is 4.42. The Morgan fingerprint density at radius 1 is 1.20 bits per heavy atom. The maximum atomic E-state index is 12.4. The van der Waals surface area contributed by atoms with Gasteiger partial charge in [0.1, 0.15) is 17.3 Å². The Morgan fingerprint density at radius 3 is 2.43 bits per heavy atom. The molecule has 0 saturated carbocycles. The quantitative estimate of drug-likeness (QED) is 0.283. The number of nitrogens with zero attached hydrogens (tertiary/aromatic N) is 3. The van der Waals surface area contributed by atoms with Gasteiger partial charge in [0.25, 0.3) is 11.6 Å². The number of nitrogens with one attached hydrogen (secondary N) is 2. The molecular weight excluding hydrogens is 406 g/mol. The molecule has 2 aromatic rings. The van der Waals surface area contributed by atoms with Crippen molar-refractivity contribution >= 4 is 28.7 Å². The van der Waals surface area contributed by atoms with Gasteiger partial charge in [-0.05, 0) is 50.6 Å². The topological polar surface area (TPSA) is 111 Å². The summed E-state index contributed by atoms with van der Waals surface area (Å²) in [6.45, 7) is 7.90. The maximum Gasteiger partial charge on any atom is 0.292 e. The molecule has 0 aromatic heterocycles. The molecule has 0 aliphatic heterocycles. The first-order valence-corrected chi connectivity index (χ1v) is 9.18. The van der Waals surface area contributed by atoms with E-state index in [0.717, 1.165) is 30.0 Å². The number of aryl methyl sites for hydroxylation is 1. The van der Waals surface area contributed by atoms with Crippen molar-refractivity contribution in [3.63, 3.8) is 0 Å². The normalized spacial score (nSPS) is 10.4. The Balaban J connectivity index is 0.00000450. The zero-order chi connectivity index (χ0) is 21.4. The smallest absolute Gasteiger partial charge is 0.292 e. The summed E-state index contributed by atoms with van der Waals surface area (Å²) >= 11 is 0. The molecular formula is C21H23ClN5O3-. The summed E-state index contributed by atoms with van der Waals surface area (Å²) in [5.41, 5.74) is 2.40. The van der Waals surface area contributed by atoms with Crippen LogP contribution in [0.15, 0.2) is 54.2 Å². The van der Waals surface area contributed by atoms with Crippen LogP contribution in [0.5, 0.6) is 0 Å². The van der Waals surface area contributed by atoms with Gasteiger partial charge < -0.3 is 27.9 Å². The first-order valence-electron chi connectivity index (χ1n) is 9.18. The molecule has 0 unspecified atom stereocenters. The molecule has 2 rings (SSSR count). The van der Waals surface area contributed by atoms with Gasteiger partial charge in [0.2, 0.25) is 0 Å². The van der Waals surface area contributed by atoms with Crippen molar-refractivity contribution in [1.82, 2.24) is 0 Å². The van der Waals surface area contributed by atoms with Crippen LogP contribution < -0.4 is 27.9 Å². The number of rotatable bonds is 8. The highest BCUT2D eigenvalue weighted by Gasteiger charge is 2.17. The van der Waals surface area contributed by atoms with Crippen LogP contribution in [0.25, 0.3) is 0 Å². The van der Waals surface area contributed by atoms with Crippen LogP contribution in [0.3, 0.4) is 0 Å². The second kappa shape index (κ2) is 11.4. The lowest BCUT2D eigenvalue weighted by Crippen LogP contribution is -3.00. The first kappa shape index (κ1) is 24.5. The number of halogens is 1. The lowest BCUT2D eigenvalue weighted by Gasteiger charge is -2.22. The Morgan fingerprint density at radius 2 is 1.87 bits per heavy atom. The SMILES string of the molecule is CCN(CC)c1ccc(N/C=C(/C#N)C(=O)Nc2ccccc2[N+](=O)[O-])c(C)c1.[Cl-]. The summed E-state index contributed by atoms with van der Waals surface area (Å²) < 4.78 is 0. The number of nitriles is 1. The summed E-state index contributed by atoms with van der Waals surface area (Å²) in [5.74, 6) is -0.730. The standard InChI is InChI=1S/C21H23N5O3.ClH/c1-4-25(5-2)17-10-11-18(15(3)12-17)23-14-16(13-22)21(27)24-19-8-6-7-9-20(19)26(28)29;/h6-12,14,23H,4-5H2,1-3H3,(H,24,27);1H/p-1/b16-14-;. The fourth-order valence-electron chi connectivity index (χ4n) is 2.82. The number of para-hydroxylation sites is 2. The number of carbonyl (C=O) groups is 1. The van der Waals surface area contributed by atoms with E-state index in [1.165, 1.54) is 24.4 Å². The molecule has 0 saturated heterocycles. The van der Waals surface area contributed by atoms with E-state index in [1.54, 1.807) is 6.07 Å². The van der Waals surface area contributed by atoms with E-state index in [2.05, 4.69) is 29.4 Å². The molecule has 0 heterocycles. The van der Waals surface area contributed by atoms with Crippen LogP contribution in [0, 0.1) is 28.4 Å². The lowest BCUT2D eigenvalue weighted by atomic mass is 10.1. The van der Waals surface area contributed by atoms with Gasteiger partial charge in [-0.25, -0.2) is 0 Å². The second-order valence-corrected chi connectivity index (χ2v) is 6.21. The zero-order valence-electron chi connectivity index (χ0n) is 17.0. The van der Waals surface area contributed by atoms with Gasteiger partial charge >= 0.3 is 0 Å².